The van der Waals surface area contributed by atoms with Crippen LogP contribution in [-0.2, 0) is 0 Å². The second-order valence-corrected chi connectivity index (χ2v) is 4.29. The fourth-order valence-corrected chi connectivity index (χ4v) is 1.85. The first kappa shape index (κ1) is 13.6. The van der Waals surface area contributed by atoms with Gasteiger partial charge in [0.05, 0.1) is 0 Å². The predicted molar refractivity (Wildman–Crippen MR) is 78.9 cm³/mol. The minimum atomic E-state index is -0.0106. The predicted octanol–water partition coefficient (Wildman–Crippen LogP) is 3.76. The Morgan fingerprint density at radius 2 is 1.60 bits per heavy atom. The van der Waals surface area contributed by atoms with Gasteiger partial charge in [-0.2, -0.15) is 5.26 Å². The van der Waals surface area contributed by atoms with Gasteiger partial charge in [0.25, 0.3) is 0 Å². The SMILES string of the molecule is C/C(O)=C(\C#N)[N+](=Cc1ccccc1)c1ccccc1. The Morgan fingerprint density at radius 3 is 2.10 bits per heavy atom. The van der Waals surface area contributed by atoms with Crippen LogP contribution in [0, 0.1) is 11.3 Å². The fraction of sp³-hybridized carbons (Fsp3) is 0.0588. The summed E-state index contributed by atoms with van der Waals surface area (Å²) in [6.07, 6.45) is 1.83. The quantitative estimate of drug-likeness (QED) is 0.396. The third-order valence-electron chi connectivity index (χ3n) is 2.80. The molecule has 0 aromatic heterocycles. The van der Waals surface area contributed by atoms with Crippen LogP contribution in [0.15, 0.2) is 72.1 Å². The summed E-state index contributed by atoms with van der Waals surface area (Å²) in [7, 11) is 0. The van der Waals surface area contributed by atoms with Gasteiger partial charge in [0.2, 0.25) is 5.69 Å². The summed E-state index contributed by atoms with van der Waals surface area (Å²) in [5, 5.41) is 19.0. The van der Waals surface area contributed by atoms with Crippen molar-refractivity contribution in [2.24, 2.45) is 0 Å². The Balaban J connectivity index is 2.60. The first-order valence-corrected chi connectivity index (χ1v) is 6.26. The number of hydrogen-bond donors (Lipinski definition) is 1. The molecule has 0 saturated carbocycles. The highest BCUT2D eigenvalue weighted by Crippen LogP contribution is 2.17. The molecule has 2 aromatic rings. The minimum Gasteiger partial charge on any atom is -0.506 e. The van der Waals surface area contributed by atoms with E-state index in [-0.39, 0.29) is 11.5 Å². The first-order valence-electron chi connectivity index (χ1n) is 6.26. The number of aliphatic hydroxyl groups is 1. The molecule has 0 bridgehead atoms. The third-order valence-corrected chi connectivity index (χ3v) is 2.80. The van der Waals surface area contributed by atoms with Crippen molar-refractivity contribution in [3.63, 3.8) is 0 Å². The van der Waals surface area contributed by atoms with Gasteiger partial charge in [-0.05, 0) is 12.1 Å². The van der Waals surface area contributed by atoms with Crippen molar-refractivity contribution in [3.8, 4) is 6.07 Å². The van der Waals surface area contributed by atoms with Crippen LogP contribution in [-0.4, -0.2) is 15.9 Å². The first-order chi connectivity index (χ1) is 9.72. The topological polar surface area (TPSA) is 47.0 Å². The van der Waals surface area contributed by atoms with Gasteiger partial charge in [-0.15, -0.1) is 4.58 Å². The lowest BCUT2D eigenvalue weighted by Crippen LogP contribution is -2.08. The van der Waals surface area contributed by atoms with Gasteiger partial charge < -0.3 is 5.11 Å². The maximum atomic E-state index is 9.72. The van der Waals surface area contributed by atoms with E-state index in [1.165, 1.54) is 6.92 Å². The van der Waals surface area contributed by atoms with Crippen LogP contribution < -0.4 is 0 Å². The molecule has 0 aliphatic rings. The zero-order valence-corrected chi connectivity index (χ0v) is 11.2. The molecule has 1 N–H and O–H groups in total. The molecule has 0 heterocycles. The molecule has 0 atom stereocenters. The molecule has 98 valence electrons. The zero-order valence-electron chi connectivity index (χ0n) is 11.2. The summed E-state index contributed by atoms with van der Waals surface area (Å²) in [5.41, 5.74) is 1.98. The number of para-hydroxylation sites is 1. The normalized spacial score (nSPS) is 12.5. The molecule has 0 radical (unpaired) electrons. The highest BCUT2D eigenvalue weighted by molar-refractivity contribution is 5.77. The minimum absolute atomic E-state index is 0.0106. The van der Waals surface area contributed by atoms with Gasteiger partial charge >= 0.3 is 5.70 Å². The molecule has 0 amide bonds. The van der Waals surface area contributed by atoms with Crippen LogP contribution in [0.1, 0.15) is 12.5 Å². The largest absolute Gasteiger partial charge is 0.506 e. The maximum absolute atomic E-state index is 9.72. The molecule has 2 aromatic carbocycles. The van der Waals surface area contributed by atoms with Crippen LogP contribution >= 0.6 is 0 Å². The summed E-state index contributed by atoms with van der Waals surface area (Å²) in [6, 6.07) is 21.2. The number of hydrogen-bond acceptors (Lipinski definition) is 2. The van der Waals surface area contributed by atoms with Crippen LogP contribution in [0.5, 0.6) is 0 Å². The summed E-state index contributed by atoms with van der Waals surface area (Å²) < 4.78 is 1.69. The van der Waals surface area contributed by atoms with Crippen LogP contribution in [0.25, 0.3) is 0 Å². The van der Waals surface area contributed by atoms with E-state index in [9.17, 15) is 10.4 Å². The fourth-order valence-electron chi connectivity index (χ4n) is 1.85. The van der Waals surface area contributed by atoms with E-state index in [1.807, 2.05) is 72.9 Å². The summed E-state index contributed by atoms with van der Waals surface area (Å²) in [6.45, 7) is 1.51. The molecule has 0 aliphatic carbocycles. The summed E-state index contributed by atoms with van der Waals surface area (Å²) in [5.74, 6) is -0.0106. The lowest BCUT2D eigenvalue weighted by molar-refractivity contribution is -0.373. The van der Waals surface area contributed by atoms with Crippen molar-refractivity contribution in [3.05, 3.63) is 77.7 Å². The highest BCUT2D eigenvalue weighted by atomic mass is 16.3. The lowest BCUT2D eigenvalue weighted by Gasteiger charge is -2.01. The van der Waals surface area contributed by atoms with Gasteiger partial charge in [0.1, 0.15) is 0 Å². The number of nitrogens with zero attached hydrogens (tertiary/aromatic N) is 2. The van der Waals surface area contributed by atoms with E-state index in [4.69, 9.17) is 0 Å². The molecular formula is C17H15N2O+. The molecule has 3 heteroatoms. The van der Waals surface area contributed by atoms with E-state index in [0.717, 1.165) is 11.3 Å². The van der Waals surface area contributed by atoms with E-state index >= 15 is 0 Å². The van der Waals surface area contributed by atoms with Crippen LogP contribution in [0.2, 0.25) is 0 Å². The van der Waals surface area contributed by atoms with Gasteiger partial charge in [-0.25, -0.2) is 0 Å². The van der Waals surface area contributed by atoms with E-state index < -0.39 is 0 Å². The number of rotatable bonds is 3. The average Bonchev–Trinajstić information content (AvgIpc) is 2.48. The maximum Gasteiger partial charge on any atom is 0.326 e. The van der Waals surface area contributed by atoms with Gasteiger partial charge in [0.15, 0.2) is 18.0 Å². The van der Waals surface area contributed by atoms with Crippen molar-refractivity contribution < 1.29 is 9.68 Å². The molecule has 20 heavy (non-hydrogen) atoms. The number of allylic oxidation sites excluding steroid dienone is 2. The summed E-state index contributed by atoms with van der Waals surface area (Å²) in [4.78, 5) is 0. The van der Waals surface area contributed by atoms with E-state index in [0.29, 0.717) is 0 Å². The standard InChI is InChI=1S/C17H14N2O/c1-14(20)17(12-18)19(16-10-6-3-7-11-16)13-15-8-4-2-5-9-15/h2-11,13H,1H3/p+1/b17-14-,19-13?. The molecule has 2 rings (SSSR count). The molecule has 0 unspecified atom stereocenters. The highest BCUT2D eigenvalue weighted by Gasteiger charge is 2.19. The van der Waals surface area contributed by atoms with Crippen LogP contribution in [0.3, 0.4) is 0 Å². The van der Waals surface area contributed by atoms with Gasteiger partial charge in [-0.1, -0.05) is 36.4 Å². The summed E-state index contributed by atoms with van der Waals surface area (Å²) >= 11 is 0. The van der Waals surface area contributed by atoms with Crippen molar-refractivity contribution in [1.29, 1.82) is 5.26 Å². The van der Waals surface area contributed by atoms with Gasteiger partial charge in [0, 0.05) is 24.6 Å². The Hall–Kier alpha value is -2.86. The average molecular weight is 263 g/mol. The second kappa shape index (κ2) is 6.35. The molecule has 0 saturated heterocycles. The van der Waals surface area contributed by atoms with Crippen molar-refractivity contribution in [2.75, 3.05) is 0 Å². The van der Waals surface area contributed by atoms with Crippen molar-refractivity contribution >= 4 is 11.9 Å². The number of benzene rings is 2. The Labute approximate surface area is 118 Å². The van der Waals surface area contributed by atoms with E-state index in [1.54, 1.807) is 4.58 Å². The monoisotopic (exact) mass is 263 g/mol. The molecular weight excluding hydrogens is 248 g/mol. The molecule has 0 aliphatic heterocycles. The molecule has 0 fully saturated rings. The third kappa shape index (κ3) is 3.12. The Bertz CT molecular complexity index is 676. The smallest absolute Gasteiger partial charge is 0.326 e. The van der Waals surface area contributed by atoms with Crippen molar-refractivity contribution in [2.45, 2.75) is 6.92 Å². The van der Waals surface area contributed by atoms with Crippen molar-refractivity contribution in [1.82, 2.24) is 0 Å². The van der Waals surface area contributed by atoms with Gasteiger partial charge in [-0.3, -0.25) is 0 Å². The zero-order chi connectivity index (χ0) is 14.4. The molecule has 0 spiro atoms. The number of aliphatic hydroxyl groups excluding tert-OH is 1. The van der Waals surface area contributed by atoms with E-state index in [2.05, 4.69) is 0 Å². The van der Waals surface area contributed by atoms with Crippen LogP contribution in [0.4, 0.5) is 5.69 Å². The molecule has 3 nitrogen and oxygen atoms in total. The second-order valence-electron chi connectivity index (χ2n) is 4.29. The lowest BCUT2D eigenvalue weighted by atomic mass is 10.2. The Morgan fingerprint density at radius 1 is 1.05 bits per heavy atom. The Kier molecular flexibility index (Phi) is 4.31. The number of nitriles is 1.